The number of benzene rings is 2. The Hall–Kier alpha value is -1.43. The summed E-state index contributed by atoms with van der Waals surface area (Å²) in [6.45, 7) is 0. The molecule has 5 heteroatoms. The molecule has 0 fully saturated rings. The summed E-state index contributed by atoms with van der Waals surface area (Å²) in [4.78, 5) is 0. The highest BCUT2D eigenvalue weighted by Gasteiger charge is 2.08. The van der Waals surface area contributed by atoms with Gasteiger partial charge in [0, 0.05) is 12.4 Å². The van der Waals surface area contributed by atoms with Gasteiger partial charge < -0.3 is 0 Å². The molecule has 2 rings (SSSR count). The van der Waals surface area contributed by atoms with Crippen molar-refractivity contribution in [3.8, 4) is 0 Å². The lowest BCUT2D eigenvalue weighted by atomic mass is 10.1. The maximum atomic E-state index is 10.6. The number of anilines is 1. The lowest BCUT2D eigenvalue weighted by Gasteiger charge is -2.17. The second-order valence-corrected chi connectivity index (χ2v) is 3.87. The molecule has 0 aromatic heterocycles. The van der Waals surface area contributed by atoms with Crippen molar-refractivity contribution in [1.82, 2.24) is 0 Å². The van der Waals surface area contributed by atoms with Gasteiger partial charge in [0.05, 0.1) is 5.69 Å². The quantitative estimate of drug-likeness (QED) is 0.657. The number of rotatable bonds is 3. The van der Waals surface area contributed by atoms with E-state index in [4.69, 9.17) is 8.84 Å². The fourth-order valence-corrected chi connectivity index (χ4v) is 1.89. The summed E-state index contributed by atoms with van der Waals surface area (Å²) in [6.07, 6.45) is 0. The van der Waals surface area contributed by atoms with E-state index in [1.807, 2.05) is 42.5 Å². The Kier molecular flexibility index (Phi) is 3.19. The first-order chi connectivity index (χ1) is 7.68. The van der Waals surface area contributed by atoms with E-state index < -0.39 is 11.4 Å². The zero-order valence-corrected chi connectivity index (χ0v) is 9.48. The number of nitrogens with zero attached hydrogens (tertiary/aromatic N) is 1. The van der Waals surface area contributed by atoms with Crippen LogP contribution >= 0.6 is 0 Å². The Morgan fingerprint density at radius 2 is 1.88 bits per heavy atom. The highest BCUT2D eigenvalue weighted by Crippen LogP contribution is 2.25. The van der Waals surface area contributed by atoms with Crippen LogP contribution in [0.5, 0.6) is 0 Å². The number of hydrogen-bond acceptors (Lipinski definition) is 3. The molecule has 2 aromatic carbocycles. The second-order valence-electron chi connectivity index (χ2n) is 3.29. The highest BCUT2D eigenvalue weighted by molar-refractivity contribution is 7.74. The van der Waals surface area contributed by atoms with Crippen LogP contribution in [0.4, 0.5) is 5.69 Å². The summed E-state index contributed by atoms with van der Waals surface area (Å²) in [5.41, 5.74) is 0.750. The van der Waals surface area contributed by atoms with E-state index >= 15 is 0 Å². The van der Waals surface area contributed by atoms with Crippen LogP contribution in [0.25, 0.3) is 10.8 Å². The SMILES string of the molecule is CN(OS(=O)O)c1cccc2ccccc12. The van der Waals surface area contributed by atoms with Gasteiger partial charge in [0.2, 0.25) is 0 Å². The summed E-state index contributed by atoms with van der Waals surface area (Å²) >= 11 is -2.31. The Labute approximate surface area is 95.9 Å². The summed E-state index contributed by atoms with van der Waals surface area (Å²) in [5, 5.41) is 3.32. The third-order valence-electron chi connectivity index (χ3n) is 2.28. The molecule has 0 bridgehead atoms. The van der Waals surface area contributed by atoms with Gasteiger partial charge in [0.15, 0.2) is 0 Å². The molecule has 0 aliphatic heterocycles. The van der Waals surface area contributed by atoms with Crippen LogP contribution < -0.4 is 5.06 Å². The molecular formula is C11H11NO3S. The average molecular weight is 237 g/mol. The van der Waals surface area contributed by atoms with E-state index in [1.54, 1.807) is 7.05 Å². The normalized spacial score (nSPS) is 12.6. The van der Waals surface area contributed by atoms with Gasteiger partial charge in [-0.2, -0.15) is 4.21 Å². The van der Waals surface area contributed by atoms with E-state index in [0.29, 0.717) is 0 Å². The van der Waals surface area contributed by atoms with Gasteiger partial charge in [-0.3, -0.25) is 4.55 Å². The van der Waals surface area contributed by atoms with E-state index in [2.05, 4.69) is 0 Å². The van der Waals surface area contributed by atoms with Crippen molar-refractivity contribution >= 4 is 27.8 Å². The average Bonchev–Trinajstić information content (AvgIpc) is 2.27. The molecule has 16 heavy (non-hydrogen) atoms. The summed E-state index contributed by atoms with van der Waals surface area (Å²) in [5.74, 6) is 0. The number of hydrogen-bond donors (Lipinski definition) is 1. The van der Waals surface area contributed by atoms with E-state index in [-0.39, 0.29) is 0 Å². The van der Waals surface area contributed by atoms with E-state index in [1.165, 1.54) is 5.06 Å². The van der Waals surface area contributed by atoms with Crippen molar-refractivity contribution in [1.29, 1.82) is 0 Å². The third kappa shape index (κ3) is 2.21. The monoisotopic (exact) mass is 237 g/mol. The van der Waals surface area contributed by atoms with Crippen LogP contribution in [0, 0.1) is 0 Å². The number of fused-ring (bicyclic) bond motifs is 1. The van der Waals surface area contributed by atoms with Crippen molar-refractivity contribution in [2.24, 2.45) is 0 Å². The van der Waals surface area contributed by atoms with Crippen molar-refractivity contribution in [3.05, 3.63) is 42.5 Å². The molecule has 4 nitrogen and oxygen atoms in total. The van der Waals surface area contributed by atoms with Crippen LogP contribution in [0.15, 0.2) is 42.5 Å². The van der Waals surface area contributed by atoms with Crippen LogP contribution in [-0.2, 0) is 15.6 Å². The van der Waals surface area contributed by atoms with Gasteiger partial charge in [-0.05, 0) is 11.5 Å². The van der Waals surface area contributed by atoms with Crippen LogP contribution in [-0.4, -0.2) is 15.8 Å². The minimum Gasteiger partial charge on any atom is -0.282 e. The van der Waals surface area contributed by atoms with Gasteiger partial charge in [-0.25, -0.2) is 5.06 Å². The van der Waals surface area contributed by atoms with Crippen molar-refractivity contribution < 1.29 is 13.0 Å². The second kappa shape index (κ2) is 4.61. The fraction of sp³-hybridized carbons (Fsp3) is 0.0909. The van der Waals surface area contributed by atoms with Crippen molar-refractivity contribution in [2.75, 3.05) is 12.1 Å². The standard InChI is InChI=1S/C11H11NO3S/c1-12(15-16(13)14)11-8-4-6-9-5-2-3-7-10(9)11/h2-8H,1H3,(H,13,14). The molecule has 84 valence electrons. The molecule has 1 unspecified atom stereocenters. The van der Waals surface area contributed by atoms with Crippen LogP contribution in [0.1, 0.15) is 0 Å². The van der Waals surface area contributed by atoms with Crippen molar-refractivity contribution in [2.45, 2.75) is 0 Å². The number of hydroxylamine groups is 1. The molecule has 1 atom stereocenters. The molecule has 0 aliphatic rings. The van der Waals surface area contributed by atoms with Gasteiger partial charge in [0.25, 0.3) is 0 Å². The smallest absolute Gasteiger partial charge is 0.282 e. The van der Waals surface area contributed by atoms with Gasteiger partial charge in [-0.15, -0.1) is 4.28 Å². The minimum atomic E-state index is -2.31. The Morgan fingerprint density at radius 1 is 1.19 bits per heavy atom. The lowest BCUT2D eigenvalue weighted by molar-refractivity contribution is 0.296. The maximum Gasteiger partial charge on any atom is 0.325 e. The maximum absolute atomic E-state index is 10.6. The molecule has 2 aromatic rings. The molecule has 0 heterocycles. The van der Waals surface area contributed by atoms with Gasteiger partial charge in [-0.1, -0.05) is 36.4 Å². The van der Waals surface area contributed by atoms with Gasteiger partial charge in [0.1, 0.15) is 0 Å². The fourth-order valence-electron chi connectivity index (χ4n) is 1.62. The Bertz CT molecular complexity index is 524. The molecule has 0 aliphatic carbocycles. The Balaban J connectivity index is 2.47. The molecule has 0 saturated carbocycles. The van der Waals surface area contributed by atoms with Gasteiger partial charge >= 0.3 is 11.4 Å². The molecule has 0 saturated heterocycles. The molecule has 0 radical (unpaired) electrons. The molecule has 0 spiro atoms. The first kappa shape index (κ1) is 11.1. The first-order valence-corrected chi connectivity index (χ1v) is 5.72. The predicted octanol–water partition coefficient (Wildman–Crippen LogP) is 2.34. The topological polar surface area (TPSA) is 49.8 Å². The minimum absolute atomic E-state index is 0.750. The summed E-state index contributed by atoms with van der Waals surface area (Å²) in [7, 11) is 1.59. The van der Waals surface area contributed by atoms with E-state index in [9.17, 15) is 4.21 Å². The van der Waals surface area contributed by atoms with Crippen LogP contribution in [0.2, 0.25) is 0 Å². The molecular weight excluding hydrogens is 226 g/mol. The van der Waals surface area contributed by atoms with Crippen molar-refractivity contribution in [3.63, 3.8) is 0 Å². The first-order valence-electron chi connectivity index (χ1n) is 4.69. The Morgan fingerprint density at radius 3 is 2.62 bits per heavy atom. The third-order valence-corrected chi connectivity index (χ3v) is 2.63. The molecule has 0 amide bonds. The zero-order chi connectivity index (χ0) is 11.5. The largest absolute Gasteiger partial charge is 0.325 e. The lowest BCUT2D eigenvalue weighted by Crippen LogP contribution is -2.19. The summed E-state index contributed by atoms with van der Waals surface area (Å²) in [6, 6.07) is 13.4. The highest BCUT2D eigenvalue weighted by atomic mass is 32.2. The van der Waals surface area contributed by atoms with E-state index in [0.717, 1.165) is 16.5 Å². The molecule has 1 N–H and O–H groups in total. The predicted molar refractivity (Wildman–Crippen MR) is 64.2 cm³/mol. The zero-order valence-electron chi connectivity index (χ0n) is 8.66. The summed E-state index contributed by atoms with van der Waals surface area (Å²) < 4.78 is 23.9. The van der Waals surface area contributed by atoms with Crippen LogP contribution in [0.3, 0.4) is 0 Å².